The number of morpholine rings is 1. The van der Waals surface area contributed by atoms with Gasteiger partial charge in [-0.15, -0.1) is 0 Å². The van der Waals surface area contributed by atoms with Gasteiger partial charge in [-0.2, -0.15) is 0 Å². The molecule has 1 N–H and O–H groups in total. The molecule has 5 saturated heterocycles. The number of para-hydroxylation sites is 1. The topological polar surface area (TPSA) is 85.8 Å². The normalized spacial score (nSPS) is 25.1. The average Bonchev–Trinajstić information content (AvgIpc) is 3.30. The van der Waals surface area contributed by atoms with Crippen molar-refractivity contribution in [1.29, 1.82) is 0 Å². The third kappa shape index (κ3) is 5.21. The van der Waals surface area contributed by atoms with Crippen LogP contribution in [0.3, 0.4) is 0 Å². The number of amides is 1. The van der Waals surface area contributed by atoms with Crippen LogP contribution in [0.25, 0.3) is 11.1 Å². The predicted molar refractivity (Wildman–Crippen MR) is 178 cm³/mol. The van der Waals surface area contributed by atoms with E-state index in [0.717, 1.165) is 44.1 Å². The second kappa shape index (κ2) is 11.8. The summed E-state index contributed by atoms with van der Waals surface area (Å²) in [6, 6.07) is 12.7. The fourth-order valence-corrected chi connectivity index (χ4v) is 8.87. The number of piperidine rings is 2. The van der Waals surface area contributed by atoms with Gasteiger partial charge in [0.15, 0.2) is 6.73 Å². The lowest BCUT2D eigenvalue weighted by atomic mass is 9.90. The predicted octanol–water partition coefficient (Wildman–Crippen LogP) is 6.14. The maximum Gasteiger partial charge on any atom is 0.337 e. The van der Waals surface area contributed by atoms with Crippen molar-refractivity contribution < 1.29 is 28.6 Å². The van der Waals surface area contributed by atoms with Gasteiger partial charge < -0.3 is 29.3 Å². The molecule has 1 amide bonds. The van der Waals surface area contributed by atoms with Crippen LogP contribution in [0.15, 0.2) is 42.5 Å². The summed E-state index contributed by atoms with van der Waals surface area (Å²) in [6.07, 6.45) is 4.06. The third-order valence-corrected chi connectivity index (χ3v) is 11.2. The molecule has 0 spiro atoms. The fraction of sp³-hybridized carbons (Fsp3) is 0.429. The van der Waals surface area contributed by atoms with Crippen molar-refractivity contribution in [2.75, 3.05) is 49.9 Å². The largest absolute Gasteiger partial charge is 0.478 e. The number of rotatable bonds is 5. The molecule has 9 nitrogen and oxygen atoms in total. The van der Waals surface area contributed by atoms with E-state index in [1.807, 2.05) is 18.2 Å². The molecule has 0 saturated carbocycles. The molecular formula is C35H35Cl2FN4O5. The molecule has 12 heteroatoms. The molecule has 6 aliphatic heterocycles. The maximum absolute atomic E-state index is 15.7. The summed E-state index contributed by atoms with van der Waals surface area (Å²) in [7, 11) is 2.16. The number of nitrogens with zero attached hydrogens (tertiary/aromatic N) is 4. The van der Waals surface area contributed by atoms with E-state index in [2.05, 4.69) is 21.7 Å². The summed E-state index contributed by atoms with van der Waals surface area (Å²) in [6.45, 7) is 3.00. The van der Waals surface area contributed by atoms with Crippen LogP contribution in [0.5, 0.6) is 5.75 Å². The summed E-state index contributed by atoms with van der Waals surface area (Å²) in [5.41, 5.74) is 2.97. The first kappa shape index (κ1) is 30.7. The number of carboxylic acids is 1. The number of likely N-dealkylation sites (N-methyl/N-ethyl adjacent to an activating group) is 1. The Morgan fingerprint density at radius 1 is 0.915 bits per heavy atom. The Labute approximate surface area is 282 Å². The quantitative estimate of drug-likeness (QED) is 0.344. The second-order valence-corrected chi connectivity index (χ2v) is 14.1. The number of piperazine rings is 1. The van der Waals surface area contributed by atoms with Crippen molar-refractivity contribution in [3.05, 3.63) is 75.0 Å². The van der Waals surface area contributed by atoms with Crippen LogP contribution in [-0.2, 0) is 11.3 Å². The molecular weight excluding hydrogens is 646 g/mol. The van der Waals surface area contributed by atoms with Crippen LogP contribution in [0.1, 0.15) is 52.0 Å². The van der Waals surface area contributed by atoms with Gasteiger partial charge >= 0.3 is 5.97 Å². The maximum atomic E-state index is 15.7. The van der Waals surface area contributed by atoms with Crippen molar-refractivity contribution in [2.45, 2.75) is 56.4 Å². The van der Waals surface area contributed by atoms with E-state index in [9.17, 15) is 14.7 Å². The number of halogens is 3. The first-order valence-electron chi connectivity index (χ1n) is 16.1. The molecule has 47 heavy (non-hydrogen) atoms. The standard InChI is InChI=1S/C35H35Cl2FN4O5/c1-39-14-21-6-5-20(39)15-41(21)24-9-28(36)32(29(37)10-24)34(43)40-13-19-3-2-4-25(33(19)47-18-40)26-12-31(27(35(44)45)11-30(26)38)42-22-7-8-23(42)17-46-16-22/h2-4,9-12,20-23H,5-8,13-18H2,1H3,(H,44,45)/t20-,21-,22?,23?/m1/s1. The monoisotopic (exact) mass is 680 g/mol. The molecule has 9 rings (SSSR count). The molecule has 0 aliphatic carbocycles. The number of anilines is 2. The highest BCUT2D eigenvalue weighted by Crippen LogP contribution is 2.44. The minimum absolute atomic E-state index is 0.0371. The molecule has 0 radical (unpaired) electrons. The van der Waals surface area contributed by atoms with E-state index in [1.54, 1.807) is 18.2 Å². The molecule has 6 heterocycles. The van der Waals surface area contributed by atoms with Crippen LogP contribution in [-0.4, -0.2) is 91.0 Å². The zero-order valence-corrected chi connectivity index (χ0v) is 27.4. The minimum Gasteiger partial charge on any atom is -0.478 e. The number of benzene rings is 3. The van der Waals surface area contributed by atoms with Crippen LogP contribution in [0.2, 0.25) is 10.0 Å². The Morgan fingerprint density at radius 2 is 1.62 bits per heavy atom. The van der Waals surface area contributed by atoms with Crippen molar-refractivity contribution in [3.63, 3.8) is 0 Å². The highest BCUT2D eigenvalue weighted by molar-refractivity contribution is 6.40. The van der Waals surface area contributed by atoms with Gasteiger partial charge in [0, 0.05) is 47.6 Å². The molecule has 3 aromatic carbocycles. The van der Waals surface area contributed by atoms with Crippen molar-refractivity contribution in [1.82, 2.24) is 9.80 Å². The average molecular weight is 682 g/mol. The number of carbonyl (C=O) groups excluding carboxylic acids is 1. The van der Waals surface area contributed by atoms with Crippen molar-refractivity contribution in [2.24, 2.45) is 0 Å². The van der Waals surface area contributed by atoms with Crippen LogP contribution >= 0.6 is 23.2 Å². The molecule has 0 aromatic heterocycles. The van der Waals surface area contributed by atoms with E-state index in [1.165, 1.54) is 11.3 Å². The van der Waals surface area contributed by atoms with Crippen LogP contribution in [0.4, 0.5) is 15.8 Å². The third-order valence-electron chi connectivity index (χ3n) is 10.6. The summed E-state index contributed by atoms with van der Waals surface area (Å²) in [5.74, 6) is -1.75. The molecule has 4 atom stereocenters. The first-order chi connectivity index (χ1) is 22.7. The summed E-state index contributed by atoms with van der Waals surface area (Å²) >= 11 is 13.5. The van der Waals surface area contributed by atoms with E-state index >= 15 is 4.39 Å². The van der Waals surface area contributed by atoms with Gasteiger partial charge in [-0.3, -0.25) is 9.69 Å². The molecule has 3 aromatic rings. The Kier molecular flexibility index (Phi) is 7.74. The lowest BCUT2D eigenvalue weighted by Crippen LogP contribution is -2.61. The zero-order valence-electron chi connectivity index (χ0n) is 25.9. The number of ether oxygens (including phenoxy) is 2. The number of hydrogen-bond donors (Lipinski definition) is 1. The highest BCUT2D eigenvalue weighted by Gasteiger charge is 2.40. The molecule has 246 valence electrons. The van der Waals surface area contributed by atoms with Crippen LogP contribution < -0.4 is 14.5 Å². The van der Waals surface area contributed by atoms with Crippen molar-refractivity contribution >= 4 is 46.5 Å². The number of aromatic carboxylic acids is 1. The lowest BCUT2D eigenvalue weighted by Gasteiger charge is -2.51. The Hall–Kier alpha value is -3.57. The minimum atomic E-state index is -1.18. The van der Waals surface area contributed by atoms with Gasteiger partial charge in [-0.1, -0.05) is 41.4 Å². The molecule has 4 bridgehead atoms. The second-order valence-electron chi connectivity index (χ2n) is 13.3. The van der Waals surface area contributed by atoms with Gasteiger partial charge in [-0.25, -0.2) is 9.18 Å². The van der Waals surface area contributed by atoms with Gasteiger partial charge in [0.2, 0.25) is 0 Å². The number of carbonyl (C=O) groups is 2. The lowest BCUT2D eigenvalue weighted by molar-refractivity contribution is 0.0516. The SMILES string of the molecule is CN1C[C@H]2CC[C@@H]1CN2c1cc(Cl)c(C(=O)N2COc3c(cccc3-c3cc(N4C5CCC4COC5)c(C(=O)O)cc3F)C2)c(Cl)c1. The van der Waals surface area contributed by atoms with Gasteiger partial charge in [0.1, 0.15) is 11.6 Å². The molecule has 6 aliphatic rings. The number of hydrogen-bond acceptors (Lipinski definition) is 7. The smallest absolute Gasteiger partial charge is 0.337 e. The van der Waals surface area contributed by atoms with E-state index in [-0.39, 0.29) is 58.0 Å². The Balaban J connectivity index is 1.07. The van der Waals surface area contributed by atoms with Gasteiger partial charge in [0.05, 0.1) is 58.7 Å². The molecule has 2 unspecified atom stereocenters. The van der Waals surface area contributed by atoms with E-state index < -0.39 is 11.8 Å². The summed E-state index contributed by atoms with van der Waals surface area (Å²) in [5, 5.41) is 10.6. The zero-order chi connectivity index (χ0) is 32.6. The number of fused-ring (bicyclic) bond motifs is 6. The van der Waals surface area contributed by atoms with E-state index in [4.69, 9.17) is 32.7 Å². The number of carboxylic acid groups (broad SMARTS) is 1. The Morgan fingerprint density at radius 3 is 2.28 bits per heavy atom. The first-order valence-corrected chi connectivity index (χ1v) is 16.9. The summed E-state index contributed by atoms with van der Waals surface area (Å²) in [4.78, 5) is 34.4. The molecule has 5 fully saturated rings. The fourth-order valence-electron chi connectivity index (χ4n) is 8.23. The Bertz CT molecular complexity index is 1750. The van der Waals surface area contributed by atoms with Crippen molar-refractivity contribution in [3.8, 4) is 16.9 Å². The van der Waals surface area contributed by atoms with E-state index in [0.29, 0.717) is 47.9 Å². The van der Waals surface area contributed by atoms with Gasteiger partial charge in [-0.05, 0) is 57.0 Å². The van der Waals surface area contributed by atoms with Crippen LogP contribution in [0, 0.1) is 5.82 Å². The highest BCUT2D eigenvalue weighted by atomic mass is 35.5. The summed E-state index contributed by atoms with van der Waals surface area (Å²) < 4.78 is 27.6. The van der Waals surface area contributed by atoms with Gasteiger partial charge in [0.25, 0.3) is 5.91 Å².